The minimum atomic E-state index is -5.07. The molecule has 0 radical (unpaired) electrons. The Morgan fingerprint density at radius 1 is 0.685 bits per heavy atom. The number of nitrogens with zero attached hydrogens (tertiary/aromatic N) is 2. The van der Waals surface area contributed by atoms with Gasteiger partial charge in [0.25, 0.3) is 0 Å². The van der Waals surface area contributed by atoms with Crippen LogP contribution >= 0.6 is 40.0 Å². The van der Waals surface area contributed by atoms with Gasteiger partial charge < -0.3 is 33.6 Å². The second kappa shape index (κ2) is 29.6. The van der Waals surface area contributed by atoms with Gasteiger partial charge in [0.2, 0.25) is 5.69 Å². The van der Waals surface area contributed by atoms with Crippen molar-refractivity contribution in [3.05, 3.63) is 94.1 Å². The van der Waals surface area contributed by atoms with Gasteiger partial charge in [-0.1, -0.05) is 35.8 Å². The van der Waals surface area contributed by atoms with E-state index in [1.165, 1.54) is 18.2 Å². The van der Waals surface area contributed by atoms with Crippen LogP contribution in [0.2, 0.25) is 0 Å². The summed E-state index contributed by atoms with van der Waals surface area (Å²) in [5.41, 5.74) is 1.63. The van der Waals surface area contributed by atoms with Crippen molar-refractivity contribution >= 4 is 119 Å². The summed E-state index contributed by atoms with van der Waals surface area (Å²) in [4.78, 5) is 0.858. The molecule has 4 aromatic carbocycles. The fourth-order valence-corrected chi connectivity index (χ4v) is 12.6. The summed E-state index contributed by atoms with van der Waals surface area (Å²) in [5, 5.41) is 29.6. The Labute approximate surface area is 551 Å². The number of allylic oxidation sites excluding steroid dienone is 6. The molecular weight excluding hydrogens is 1200 g/mol. The maximum Gasteiger partial charge on any atom is 1.00 e. The minimum Gasteiger partial charge on any atom is -0.748 e. The van der Waals surface area contributed by atoms with Crippen LogP contribution in [-0.4, -0.2) is 86.8 Å². The van der Waals surface area contributed by atoms with E-state index in [1.54, 1.807) is 42.5 Å². The molecule has 6 rings (SSSR count). The van der Waals surface area contributed by atoms with Gasteiger partial charge in [-0.05, 0) is 109 Å². The molecule has 0 aliphatic carbocycles. The maximum absolute atomic E-state index is 12.5. The second-order valence-electron chi connectivity index (χ2n) is 16.6. The Bertz CT molecular complexity index is 3270. The van der Waals surface area contributed by atoms with Gasteiger partial charge in [0, 0.05) is 78.6 Å². The molecule has 0 atom stereocenters. The van der Waals surface area contributed by atoms with Crippen molar-refractivity contribution in [1.82, 2.24) is 0 Å². The normalized spacial score (nSPS) is 15.9. The first kappa shape index (κ1) is 72.7. The van der Waals surface area contributed by atoms with Gasteiger partial charge in [0.15, 0.2) is 5.71 Å². The third kappa shape index (κ3) is 17.8. The van der Waals surface area contributed by atoms with Crippen LogP contribution in [0.1, 0.15) is 64.5 Å². The zero-order valence-electron chi connectivity index (χ0n) is 41.2. The number of benzene rings is 4. The molecule has 0 bridgehead atoms. The molecule has 0 unspecified atom stereocenters. The molecule has 2 heterocycles. The third-order valence-corrected chi connectivity index (χ3v) is 16.5. The smallest absolute Gasteiger partial charge is 0.748 e. The van der Waals surface area contributed by atoms with Gasteiger partial charge in [-0.15, -0.1) is 0 Å². The number of unbranched alkanes of at least 4 members (excludes halogenated alkanes) is 2. The Balaban J connectivity index is 0.00000533. The van der Waals surface area contributed by atoms with Crippen LogP contribution in [0.25, 0.3) is 21.5 Å². The Morgan fingerprint density at radius 2 is 1.26 bits per heavy atom. The fraction of sp³-hybridized carbons (Fsp3) is 0.341. The number of hydrogen-bond acceptors (Lipinski definition) is 21. The molecule has 4 aromatic rings. The number of halogens is 1. The number of hydrogen-bond donors (Lipinski definition) is 0. The van der Waals surface area contributed by atoms with Gasteiger partial charge in [-0.25, -0.2) is 33.7 Å². The van der Waals surface area contributed by atoms with Crippen LogP contribution in [0.5, 0.6) is 0 Å². The summed E-state index contributed by atoms with van der Waals surface area (Å²) in [6.07, 6.45) is 7.51. The van der Waals surface area contributed by atoms with E-state index in [1.807, 2.05) is 37.2 Å². The van der Waals surface area contributed by atoms with E-state index in [0.717, 1.165) is 12.1 Å². The molecule has 0 amide bonds. The van der Waals surface area contributed by atoms with Crippen LogP contribution in [-0.2, 0) is 70.0 Å². The number of fused-ring (bicyclic) bond motifs is 6. The zero-order chi connectivity index (χ0) is 50.2. The molecule has 0 aromatic heterocycles. The number of rotatable bonds is 21. The first-order valence-electron chi connectivity index (χ1n) is 20.1. The summed E-state index contributed by atoms with van der Waals surface area (Å²) in [5.74, 6) is -1.21. The first-order chi connectivity index (χ1) is 31.6. The zero-order valence-corrected chi connectivity index (χ0v) is 57.6. The summed E-state index contributed by atoms with van der Waals surface area (Å²) in [7, 11) is -19.1. The monoisotopic (exact) mass is 1230 g/mol. The molecular formula is C41H40BrN2Na5O18S6. The van der Waals surface area contributed by atoms with Crippen molar-refractivity contribution in [1.29, 1.82) is 0 Å². The van der Waals surface area contributed by atoms with Crippen LogP contribution < -0.4 is 163 Å². The predicted octanol–water partition coefficient (Wildman–Crippen LogP) is -10.2. The van der Waals surface area contributed by atoms with Gasteiger partial charge >= 0.3 is 148 Å². The quantitative estimate of drug-likeness (QED) is 0.0109. The van der Waals surface area contributed by atoms with E-state index in [0.29, 0.717) is 78.6 Å². The van der Waals surface area contributed by atoms with Crippen molar-refractivity contribution in [3.8, 4) is 0 Å². The molecule has 32 heteroatoms. The summed E-state index contributed by atoms with van der Waals surface area (Å²) < 4.78 is 155. The minimum absolute atomic E-state index is 0. The molecule has 73 heavy (non-hydrogen) atoms. The Kier molecular flexibility index (Phi) is 29.5. The van der Waals surface area contributed by atoms with Crippen molar-refractivity contribution < 1.29 is 234 Å². The maximum atomic E-state index is 12.5. The molecule has 0 saturated carbocycles. The van der Waals surface area contributed by atoms with E-state index in [9.17, 15) is 62.4 Å². The summed E-state index contributed by atoms with van der Waals surface area (Å²) in [6, 6.07) is 11.3. The van der Waals surface area contributed by atoms with Gasteiger partial charge in [0.05, 0.1) is 59.5 Å². The Morgan fingerprint density at radius 3 is 1.84 bits per heavy atom. The van der Waals surface area contributed by atoms with Crippen LogP contribution in [0.15, 0.2) is 103 Å². The summed E-state index contributed by atoms with van der Waals surface area (Å²) in [6.45, 7) is 7.79. The summed E-state index contributed by atoms with van der Waals surface area (Å²) >= 11 is 4.43. The van der Waals surface area contributed by atoms with E-state index in [4.69, 9.17) is 0 Å². The molecule has 0 N–H and O–H groups in total. The molecule has 0 spiro atoms. The average Bonchev–Trinajstić information content (AvgIpc) is 3.59. The standard InChI is InChI=1S/C41H45BrN2O18S6.5Na/c1-40(2)36(44(18-6-8-20-66(50,51)52)33-14-12-29-30(38(33)40)21-26(63-61-59-45)22-35(29)68(56,57)58)15-9-25(42)10-16-37-41(3,4)39-31-23-27(67(53,54)55)24-34(64-62-60-46)28(31)11-13-32(39)43(37)17-5-7-19-65(47,48)49;;;;;/h9-16,21-24H,5-8,17-20H2,1-4H3,(H5-,45,46,47,48,49,50,51,52,53,54,55,56,57,58);;;;;/q;5*+1/p-5. The molecule has 20 nitrogen and oxygen atoms in total. The average molecular weight is 1240 g/mol. The van der Waals surface area contributed by atoms with Crippen molar-refractivity contribution in [2.24, 2.45) is 0 Å². The van der Waals surface area contributed by atoms with Crippen LogP contribution in [0.3, 0.4) is 0 Å². The topological polar surface area (TPSA) is 318 Å². The van der Waals surface area contributed by atoms with Gasteiger partial charge in [0.1, 0.15) is 26.8 Å². The van der Waals surface area contributed by atoms with E-state index in [-0.39, 0.29) is 202 Å². The van der Waals surface area contributed by atoms with Crippen molar-refractivity contribution in [2.45, 2.75) is 83.8 Å². The Hall–Kier alpha value is 1.67. The first-order valence-corrected chi connectivity index (χ1v) is 28.3. The van der Waals surface area contributed by atoms with Gasteiger partial charge in [-0.2, -0.15) is 13.2 Å². The molecule has 2 aliphatic rings. The van der Waals surface area contributed by atoms with Crippen molar-refractivity contribution in [2.75, 3.05) is 29.5 Å². The van der Waals surface area contributed by atoms with Crippen LogP contribution in [0.4, 0.5) is 11.4 Å². The molecule has 0 fully saturated rings. The number of anilines is 1. The predicted molar refractivity (Wildman–Crippen MR) is 245 cm³/mol. The fourth-order valence-electron chi connectivity index (χ4n) is 8.80. The van der Waals surface area contributed by atoms with Crippen LogP contribution in [0, 0.1) is 0 Å². The second-order valence-corrected chi connectivity index (χ2v) is 24.8. The molecule has 2 aliphatic heterocycles. The van der Waals surface area contributed by atoms with Crippen molar-refractivity contribution in [3.63, 3.8) is 0 Å². The van der Waals surface area contributed by atoms with E-state index in [2.05, 4.69) is 34.7 Å². The SMILES string of the molecule is CC1(C)C(=CC=C(Br)C=CC2=[N+](CCCCS(=O)(=O)[O-])c3ccc4c(S(=O)(=O)[O-])cc(SOO[O-])cc4c3C2(C)C)N(CCCCS(=O)(=O)[O-])c2ccc3c(SOO[O-])cc(S(=O)(=O)[O-])cc3c21.[Na+].[Na+].[Na+].[Na+].[Na+]. The van der Waals surface area contributed by atoms with E-state index < -0.39 is 72.6 Å². The largest absolute Gasteiger partial charge is 1.00 e. The third-order valence-electron chi connectivity index (χ3n) is 11.5. The van der Waals surface area contributed by atoms with Gasteiger partial charge in [-0.3, -0.25) is 10.1 Å². The molecule has 0 saturated heterocycles. The molecule has 370 valence electrons. The van der Waals surface area contributed by atoms with E-state index >= 15 is 0 Å².